The molecular formula is C11H5ClF2N4O. The summed E-state index contributed by atoms with van der Waals surface area (Å²) < 4.78 is 31.3. The smallest absolute Gasteiger partial charge is 0.234 e. The lowest BCUT2D eigenvalue weighted by atomic mass is 10.3. The first-order chi connectivity index (χ1) is 9.13. The van der Waals surface area contributed by atoms with Crippen LogP contribution in [0, 0.1) is 11.6 Å². The zero-order valence-corrected chi connectivity index (χ0v) is 9.95. The number of nitrogens with one attached hydrogen (secondary N) is 1. The van der Waals surface area contributed by atoms with Crippen molar-refractivity contribution in [2.24, 2.45) is 0 Å². The monoisotopic (exact) mass is 282 g/mol. The van der Waals surface area contributed by atoms with E-state index in [9.17, 15) is 8.78 Å². The Kier molecular flexibility index (Phi) is 2.75. The Morgan fingerprint density at radius 3 is 2.79 bits per heavy atom. The molecule has 19 heavy (non-hydrogen) atoms. The van der Waals surface area contributed by atoms with Crippen LogP contribution in [-0.4, -0.2) is 20.2 Å². The van der Waals surface area contributed by atoms with Crippen LogP contribution >= 0.6 is 11.6 Å². The molecule has 5 nitrogen and oxygen atoms in total. The molecule has 0 aliphatic rings. The Bertz CT molecular complexity index is 762. The number of halogens is 3. The molecule has 0 aliphatic carbocycles. The van der Waals surface area contributed by atoms with Gasteiger partial charge in [-0.05, 0) is 23.7 Å². The first-order valence-corrected chi connectivity index (χ1v) is 5.51. The topological polar surface area (TPSA) is 63.7 Å². The summed E-state index contributed by atoms with van der Waals surface area (Å²) in [5.74, 6) is -1.77. The van der Waals surface area contributed by atoms with Crippen LogP contribution in [0.4, 0.5) is 8.78 Å². The maximum Gasteiger partial charge on any atom is 0.234 e. The van der Waals surface area contributed by atoms with Gasteiger partial charge in [0.05, 0.1) is 6.20 Å². The number of hydrogen-bond donors (Lipinski definition) is 1. The maximum atomic E-state index is 13.1. The number of fused-ring (bicyclic) bond motifs is 1. The second kappa shape index (κ2) is 4.43. The minimum atomic E-state index is -1.01. The van der Waals surface area contributed by atoms with Gasteiger partial charge >= 0.3 is 0 Å². The Morgan fingerprint density at radius 1 is 1.16 bits per heavy atom. The molecule has 1 N–H and O–H groups in total. The minimum Gasteiger partial charge on any atom is -0.438 e. The third-order valence-corrected chi connectivity index (χ3v) is 2.52. The van der Waals surface area contributed by atoms with Gasteiger partial charge in [0.2, 0.25) is 11.2 Å². The number of aromatic amines is 1. The molecule has 0 bridgehead atoms. The van der Waals surface area contributed by atoms with Crippen molar-refractivity contribution >= 4 is 22.6 Å². The van der Waals surface area contributed by atoms with Crippen LogP contribution in [0.5, 0.6) is 11.6 Å². The van der Waals surface area contributed by atoms with Gasteiger partial charge < -0.3 is 4.74 Å². The zero-order valence-electron chi connectivity index (χ0n) is 9.19. The number of ether oxygens (including phenoxy) is 1. The van der Waals surface area contributed by atoms with Gasteiger partial charge in [-0.2, -0.15) is 15.1 Å². The highest BCUT2D eigenvalue weighted by molar-refractivity contribution is 6.28. The summed E-state index contributed by atoms with van der Waals surface area (Å²) in [5.41, 5.74) is 0.387. The molecule has 0 spiro atoms. The van der Waals surface area contributed by atoms with E-state index in [2.05, 4.69) is 20.2 Å². The quantitative estimate of drug-likeness (QED) is 0.734. The van der Waals surface area contributed by atoms with Crippen LogP contribution in [0.3, 0.4) is 0 Å². The van der Waals surface area contributed by atoms with Gasteiger partial charge in [-0.25, -0.2) is 8.78 Å². The molecule has 0 saturated carbocycles. The molecule has 1 aromatic carbocycles. The highest BCUT2D eigenvalue weighted by atomic mass is 35.5. The van der Waals surface area contributed by atoms with Crippen LogP contribution < -0.4 is 4.74 Å². The molecule has 3 aromatic rings. The maximum absolute atomic E-state index is 13.1. The van der Waals surface area contributed by atoms with Crippen LogP contribution in [0.15, 0.2) is 24.4 Å². The van der Waals surface area contributed by atoms with Gasteiger partial charge in [-0.3, -0.25) is 5.10 Å². The van der Waals surface area contributed by atoms with E-state index in [0.29, 0.717) is 11.0 Å². The molecule has 8 heteroatoms. The van der Waals surface area contributed by atoms with Gasteiger partial charge in [0, 0.05) is 6.07 Å². The van der Waals surface area contributed by atoms with E-state index < -0.39 is 11.6 Å². The molecule has 0 radical (unpaired) electrons. The number of rotatable bonds is 2. The molecule has 0 saturated heterocycles. The molecule has 0 amide bonds. The van der Waals surface area contributed by atoms with E-state index in [1.165, 1.54) is 12.3 Å². The van der Waals surface area contributed by atoms with E-state index in [1.54, 1.807) is 0 Å². The minimum absolute atomic E-state index is 0.0469. The number of H-pyrrole nitrogens is 1. The fourth-order valence-corrected chi connectivity index (χ4v) is 1.67. The normalized spacial score (nSPS) is 10.9. The molecule has 0 atom stereocenters. The van der Waals surface area contributed by atoms with Crippen molar-refractivity contribution in [3.05, 3.63) is 41.3 Å². The Balaban J connectivity index is 2.04. The second-order valence-corrected chi connectivity index (χ2v) is 3.95. The Labute approximate surface area is 110 Å². The number of aromatic nitrogens is 4. The highest BCUT2D eigenvalue weighted by Gasteiger charge is 2.12. The molecule has 0 unspecified atom stereocenters. The lowest BCUT2D eigenvalue weighted by Crippen LogP contribution is -1.93. The summed E-state index contributed by atoms with van der Waals surface area (Å²) in [6.45, 7) is 0. The lowest BCUT2D eigenvalue weighted by molar-refractivity contribution is 0.452. The van der Waals surface area contributed by atoms with Crippen molar-refractivity contribution in [1.29, 1.82) is 0 Å². The van der Waals surface area contributed by atoms with Gasteiger partial charge in [-0.15, -0.1) is 0 Å². The summed E-state index contributed by atoms with van der Waals surface area (Å²) in [6.07, 6.45) is 1.45. The molecule has 3 rings (SSSR count). The number of benzene rings is 1. The van der Waals surface area contributed by atoms with Crippen LogP contribution in [0.1, 0.15) is 0 Å². The first kappa shape index (κ1) is 11.8. The average Bonchev–Trinajstić information content (AvgIpc) is 2.82. The summed E-state index contributed by atoms with van der Waals surface area (Å²) in [6, 6.07) is 3.15. The summed E-state index contributed by atoms with van der Waals surface area (Å²) in [4.78, 5) is 7.77. The van der Waals surface area contributed by atoms with E-state index >= 15 is 0 Å². The molecule has 2 heterocycles. The molecule has 0 aliphatic heterocycles. The predicted molar refractivity (Wildman–Crippen MR) is 63.1 cm³/mol. The average molecular weight is 283 g/mol. The Hall–Kier alpha value is -2.28. The van der Waals surface area contributed by atoms with Crippen molar-refractivity contribution in [2.45, 2.75) is 0 Å². The standard InChI is InChI=1S/C11H5ClF2N4O/c12-11-16-9-6(4-15-18-9)10(17-11)19-5-1-2-7(13)8(14)3-5/h1-4H,(H,15,16,17,18). The van der Waals surface area contributed by atoms with Gasteiger partial charge in [0.15, 0.2) is 17.3 Å². The van der Waals surface area contributed by atoms with E-state index in [0.717, 1.165) is 12.1 Å². The summed E-state index contributed by atoms with van der Waals surface area (Å²) in [7, 11) is 0. The first-order valence-electron chi connectivity index (χ1n) is 5.13. The van der Waals surface area contributed by atoms with E-state index in [-0.39, 0.29) is 16.9 Å². The molecule has 2 aromatic heterocycles. The van der Waals surface area contributed by atoms with E-state index in [1.807, 2.05) is 0 Å². The molecule has 96 valence electrons. The fourth-order valence-electron chi connectivity index (χ4n) is 1.51. The van der Waals surface area contributed by atoms with Gasteiger partial charge in [0.25, 0.3) is 0 Å². The van der Waals surface area contributed by atoms with Crippen LogP contribution in [0.2, 0.25) is 5.28 Å². The summed E-state index contributed by atoms with van der Waals surface area (Å²) >= 11 is 5.72. The zero-order chi connectivity index (χ0) is 13.4. The highest BCUT2D eigenvalue weighted by Crippen LogP contribution is 2.28. The number of hydrogen-bond acceptors (Lipinski definition) is 4. The predicted octanol–water partition coefficient (Wildman–Crippen LogP) is 3.08. The van der Waals surface area contributed by atoms with Crippen molar-refractivity contribution in [3.63, 3.8) is 0 Å². The van der Waals surface area contributed by atoms with Crippen LogP contribution in [0.25, 0.3) is 11.0 Å². The second-order valence-electron chi connectivity index (χ2n) is 3.61. The van der Waals surface area contributed by atoms with Crippen molar-refractivity contribution in [3.8, 4) is 11.6 Å². The van der Waals surface area contributed by atoms with Crippen molar-refractivity contribution < 1.29 is 13.5 Å². The largest absolute Gasteiger partial charge is 0.438 e. The third-order valence-electron chi connectivity index (χ3n) is 2.35. The third kappa shape index (κ3) is 2.19. The lowest BCUT2D eigenvalue weighted by Gasteiger charge is -2.05. The van der Waals surface area contributed by atoms with Gasteiger partial charge in [-0.1, -0.05) is 0 Å². The molecule has 0 fully saturated rings. The molecular weight excluding hydrogens is 278 g/mol. The fraction of sp³-hybridized carbons (Fsp3) is 0. The van der Waals surface area contributed by atoms with Crippen molar-refractivity contribution in [2.75, 3.05) is 0 Å². The van der Waals surface area contributed by atoms with E-state index in [4.69, 9.17) is 16.3 Å². The van der Waals surface area contributed by atoms with Gasteiger partial charge in [0.1, 0.15) is 11.1 Å². The van der Waals surface area contributed by atoms with Crippen molar-refractivity contribution in [1.82, 2.24) is 20.2 Å². The SMILES string of the molecule is Fc1ccc(Oc2nc(Cl)nc3[nH]ncc23)cc1F. The van der Waals surface area contributed by atoms with Crippen LogP contribution in [-0.2, 0) is 0 Å². The Morgan fingerprint density at radius 2 is 2.00 bits per heavy atom. The summed E-state index contributed by atoms with van der Waals surface area (Å²) in [5, 5.41) is 6.82. The number of nitrogens with zero attached hydrogens (tertiary/aromatic N) is 3.